The molecular weight excluding hydrogens is 602 g/mol. The normalized spacial score (nSPS) is 20.8. The topological polar surface area (TPSA) is 188 Å². The quantitative estimate of drug-likeness (QED) is 0.186. The number of rotatable bonds is 8. The minimum Gasteiger partial charge on any atom is -0.595 e. The largest absolute Gasteiger partial charge is 0.595 e. The molecular formula is C20H22F6N4O8S2. The smallest absolute Gasteiger partial charge is 0.416 e. The molecule has 6 N–H and O–H groups in total. The van der Waals surface area contributed by atoms with Crippen LogP contribution in [0.25, 0.3) is 0 Å². The van der Waals surface area contributed by atoms with Gasteiger partial charge in [-0.25, -0.2) is 36.7 Å². The van der Waals surface area contributed by atoms with Gasteiger partial charge in [0.25, 0.3) is 0 Å². The summed E-state index contributed by atoms with van der Waals surface area (Å²) in [4.78, 5) is -2.04. The average molecular weight is 625 g/mol. The number of alkyl halides is 6. The molecule has 1 aliphatic rings. The van der Waals surface area contributed by atoms with Gasteiger partial charge in [-0.3, -0.25) is 0 Å². The SMILES string of the molecule is O=S(=O)(NC1CCCCC1NS(=O)(=O)c1ccc(C(F)(F)F)cc1[NH+]([O-])O)c1ccc(C(F)(F)F)cc1[NH+]([O-])O. The van der Waals surface area contributed by atoms with E-state index in [1.807, 2.05) is 0 Å². The summed E-state index contributed by atoms with van der Waals surface area (Å²) in [5, 5.41) is 37.8. The number of halogens is 6. The summed E-state index contributed by atoms with van der Waals surface area (Å²) in [6.07, 6.45) is -9.28. The molecule has 224 valence electrons. The summed E-state index contributed by atoms with van der Waals surface area (Å²) in [5.41, 5.74) is -5.21. The average Bonchev–Trinajstić information content (AvgIpc) is 2.83. The van der Waals surface area contributed by atoms with Gasteiger partial charge >= 0.3 is 12.4 Å². The first-order valence-corrected chi connectivity index (χ1v) is 14.1. The fourth-order valence-electron chi connectivity index (χ4n) is 4.15. The third-order valence-corrected chi connectivity index (χ3v) is 9.13. The van der Waals surface area contributed by atoms with E-state index in [9.17, 15) is 64.0 Å². The molecule has 0 aliphatic heterocycles. The second-order valence-corrected chi connectivity index (χ2v) is 12.1. The van der Waals surface area contributed by atoms with Crippen LogP contribution in [0.2, 0.25) is 0 Å². The van der Waals surface area contributed by atoms with Gasteiger partial charge in [-0.1, -0.05) is 12.8 Å². The third kappa shape index (κ3) is 7.26. The number of hydrogen-bond acceptors (Lipinski definition) is 8. The first-order chi connectivity index (χ1) is 18.2. The Balaban J connectivity index is 1.94. The molecule has 3 rings (SSSR count). The Morgan fingerprint density at radius 3 is 1.30 bits per heavy atom. The number of nitrogens with one attached hydrogen (secondary N) is 4. The van der Waals surface area contributed by atoms with Gasteiger partial charge in [-0.15, -0.1) is 0 Å². The summed E-state index contributed by atoms with van der Waals surface area (Å²) in [7, 11) is -9.69. The van der Waals surface area contributed by atoms with Crippen molar-refractivity contribution in [3.8, 4) is 0 Å². The van der Waals surface area contributed by atoms with Crippen LogP contribution in [0.3, 0.4) is 0 Å². The molecule has 0 saturated heterocycles. The van der Waals surface area contributed by atoms with Crippen molar-refractivity contribution in [1.29, 1.82) is 0 Å². The summed E-state index contributed by atoms with van der Waals surface area (Å²) < 4.78 is 134. The first-order valence-electron chi connectivity index (χ1n) is 11.2. The van der Waals surface area contributed by atoms with E-state index in [0.717, 1.165) is 0 Å². The molecule has 40 heavy (non-hydrogen) atoms. The van der Waals surface area contributed by atoms with Crippen molar-refractivity contribution in [3.63, 3.8) is 0 Å². The van der Waals surface area contributed by atoms with Gasteiger partial charge in [0.2, 0.25) is 20.0 Å². The molecule has 2 aromatic rings. The minimum atomic E-state index is -4.97. The van der Waals surface area contributed by atoms with Gasteiger partial charge in [0.15, 0.2) is 11.4 Å². The van der Waals surface area contributed by atoms with Crippen LogP contribution in [0.4, 0.5) is 37.7 Å². The lowest BCUT2D eigenvalue weighted by molar-refractivity contribution is -0.992. The first kappa shape index (κ1) is 32.1. The van der Waals surface area contributed by atoms with Crippen LogP contribution in [0.1, 0.15) is 36.8 Å². The van der Waals surface area contributed by atoms with Gasteiger partial charge in [0.1, 0.15) is 9.79 Å². The second-order valence-electron chi connectivity index (χ2n) is 8.77. The van der Waals surface area contributed by atoms with Crippen molar-refractivity contribution in [3.05, 3.63) is 57.9 Å². The number of hydrogen-bond donors (Lipinski definition) is 6. The van der Waals surface area contributed by atoms with Crippen LogP contribution < -0.4 is 19.9 Å². The van der Waals surface area contributed by atoms with E-state index in [0.29, 0.717) is 37.1 Å². The second kappa shape index (κ2) is 11.5. The van der Waals surface area contributed by atoms with Crippen LogP contribution in [0.15, 0.2) is 46.2 Å². The molecule has 0 aromatic heterocycles. The Morgan fingerprint density at radius 1 is 0.700 bits per heavy atom. The van der Waals surface area contributed by atoms with Gasteiger partial charge in [0, 0.05) is 24.2 Å². The molecule has 0 heterocycles. The standard InChI is InChI=1S/C20H22F6N4O8S2/c21-19(22,23)11-5-7-17(15(9-11)29(31)32)39(35,36)27-13-3-1-2-4-14(13)28-40(37,38)18-8-6-12(20(24,25)26)10-16(18)30(33)34/h5-10,13-14,27-31,33H,1-4H2. The van der Waals surface area contributed by atoms with E-state index in [1.165, 1.54) is 0 Å². The van der Waals surface area contributed by atoms with E-state index in [-0.39, 0.29) is 25.0 Å². The van der Waals surface area contributed by atoms with Crippen molar-refractivity contribution in [1.82, 2.24) is 9.44 Å². The molecule has 0 bridgehead atoms. The Bertz CT molecular complexity index is 1340. The maximum atomic E-state index is 13.0. The highest BCUT2D eigenvalue weighted by Crippen LogP contribution is 2.34. The number of sulfonamides is 2. The molecule has 1 aliphatic carbocycles. The molecule has 12 nitrogen and oxygen atoms in total. The lowest BCUT2D eigenvalue weighted by Crippen LogP contribution is -2.99. The molecule has 4 atom stereocenters. The Labute approximate surface area is 223 Å². The van der Waals surface area contributed by atoms with Gasteiger partial charge in [-0.2, -0.15) is 36.8 Å². The predicted molar refractivity (Wildman–Crippen MR) is 121 cm³/mol. The highest BCUT2D eigenvalue weighted by Gasteiger charge is 2.39. The predicted octanol–water partition coefficient (Wildman–Crippen LogP) is 1.10. The summed E-state index contributed by atoms with van der Waals surface area (Å²) in [6.45, 7) is 0. The van der Waals surface area contributed by atoms with Crippen LogP contribution >= 0.6 is 0 Å². The molecule has 2 aromatic carbocycles. The lowest BCUT2D eigenvalue weighted by Gasteiger charge is -2.32. The van der Waals surface area contributed by atoms with Gasteiger partial charge < -0.3 is 10.4 Å². The molecule has 0 amide bonds. The fourth-order valence-corrected chi connectivity index (χ4v) is 7.14. The van der Waals surface area contributed by atoms with Crippen LogP contribution in [0.5, 0.6) is 0 Å². The molecule has 4 unspecified atom stereocenters. The van der Waals surface area contributed by atoms with Crippen molar-refractivity contribution in [2.75, 3.05) is 0 Å². The van der Waals surface area contributed by atoms with Crippen LogP contribution in [-0.2, 0) is 32.4 Å². The highest BCUT2D eigenvalue weighted by atomic mass is 32.2. The Morgan fingerprint density at radius 2 is 1.02 bits per heavy atom. The minimum absolute atomic E-state index is 0.0196. The van der Waals surface area contributed by atoms with E-state index in [4.69, 9.17) is 0 Å². The van der Waals surface area contributed by atoms with Crippen LogP contribution in [-0.4, -0.2) is 39.3 Å². The Kier molecular flexibility index (Phi) is 9.21. The maximum Gasteiger partial charge on any atom is 0.416 e. The van der Waals surface area contributed by atoms with E-state index >= 15 is 0 Å². The summed E-state index contributed by atoms with van der Waals surface area (Å²) in [6, 6.07) is -0.678. The van der Waals surface area contributed by atoms with E-state index in [1.54, 1.807) is 0 Å². The molecule has 0 radical (unpaired) electrons. The number of benzene rings is 2. The molecule has 1 saturated carbocycles. The van der Waals surface area contributed by atoms with E-state index in [2.05, 4.69) is 9.44 Å². The van der Waals surface area contributed by atoms with E-state index < -0.39 is 87.2 Å². The monoisotopic (exact) mass is 624 g/mol. The van der Waals surface area contributed by atoms with Crippen molar-refractivity contribution in [2.45, 2.75) is 59.9 Å². The molecule has 1 fully saturated rings. The zero-order chi connectivity index (χ0) is 30.3. The van der Waals surface area contributed by atoms with Crippen molar-refractivity contribution in [2.24, 2.45) is 0 Å². The lowest BCUT2D eigenvalue weighted by atomic mass is 9.92. The van der Waals surface area contributed by atoms with Crippen molar-refractivity contribution >= 4 is 31.4 Å². The van der Waals surface area contributed by atoms with Gasteiger partial charge in [-0.05, 0) is 37.1 Å². The third-order valence-electron chi connectivity index (χ3n) is 6.03. The maximum absolute atomic E-state index is 13.0. The van der Waals surface area contributed by atoms with Crippen molar-refractivity contribution < 1.29 is 64.0 Å². The molecule has 20 heteroatoms. The summed E-state index contributed by atoms with van der Waals surface area (Å²) in [5.74, 6) is 0. The zero-order valence-electron chi connectivity index (χ0n) is 19.9. The van der Waals surface area contributed by atoms with Crippen LogP contribution in [0, 0.1) is 10.4 Å². The van der Waals surface area contributed by atoms with Gasteiger partial charge in [0.05, 0.1) is 11.1 Å². The highest BCUT2D eigenvalue weighted by molar-refractivity contribution is 7.90. The number of quaternary nitrogens is 2. The fraction of sp³-hybridized carbons (Fsp3) is 0.400. The zero-order valence-corrected chi connectivity index (χ0v) is 21.5. The molecule has 0 spiro atoms. The summed E-state index contributed by atoms with van der Waals surface area (Å²) >= 11 is 0. The Hall–Kier alpha value is -2.40.